The fourth-order valence-corrected chi connectivity index (χ4v) is 6.10. The number of hydrogen-bond donors (Lipinski definition) is 0. The summed E-state index contributed by atoms with van der Waals surface area (Å²) in [6.45, 7) is 13.9. The second-order valence-corrected chi connectivity index (χ2v) is 9.74. The Morgan fingerprint density at radius 3 is 1.54 bits per heavy atom. The molecule has 2 aromatic rings. The number of hydrogen-bond acceptors (Lipinski definition) is 2. The summed E-state index contributed by atoms with van der Waals surface area (Å²) < 4.78 is 0. The van der Waals surface area contributed by atoms with Crippen LogP contribution in [0.1, 0.15) is 99.9 Å². The molecular formula is C22H30S2. The summed E-state index contributed by atoms with van der Waals surface area (Å²) in [5, 5.41) is 0. The zero-order chi connectivity index (χ0) is 17.4. The smallest absolute Gasteiger partial charge is 0.0530 e. The molecule has 0 nitrogen and oxygen atoms in total. The lowest BCUT2D eigenvalue weighted by molar-refractivity contribution is 0.806. The van der Waals surface area contributed by atoms with Crippen LogP contribution in [-0.2, 0) is 0 Å². The molecule has 24 heavy (non-hydrogen) atoms. The Bertz CT molecular complexity index is 691. The maximum absolute atomic E-state index is 2.49. The van der Waals surface area contributed by atoms with E-state index in [1.165, 1.54) is 46.6 Å². The molecule has 1 aliphatic rings. The first-order chi connectivity index (χ1) is 11.5. The van der Waals surface area contributed by atoms with Crippen LogP contribution in [0, 0.1) is 0 Å². The molecule has 0 atom stereocenters. The van der Waals surface area contributed by atoms with Gasteiger partial charge >= 0.3 is 0 Å². The Hall–Kier alpha value is -0.860. The highest BCUT2D eigenvalue weighted by Crippen LogP contribution is 2.55. The fourth-order valence-electron chi connectivity index (χ4n) is 3.60. The van der Waals surface area contributed by atoms with E-state index >= 15 is 0 Å². The van der Waals surface area contributed by atoms with Gasteiger partial charge in [-0.1, -0.05) is 60.0 Å². The Balaban J connectivity index is 2.24. The molecule has 1 aliphatic carbocycles. The summed E-state index contributed by atoms with van der Waals surface area (Å²) in [7, 11) is 0. The summed E-state index contributed by atoms with van der Waals surface area (Å²) in [4.78, 5) is 6.17. The Labute approximate surface area is 155 Å². The quantitative estimate of drug-likeness (QED) is 0.414. The third kappa shape index (κ3) is 3.04. The summed E-state index contributed by atoms with van der Waals surface area (Å²) in [5.41, 5.74) is 6.35. The van der Waals surface area contributed by atoms with Crippen LogP contribution in [0.5, 0.6) is 0 Å². The van der Waals surface area contributed by atoms with Crippen molar-refractivity contribution in [3.05, 3.63) is 38.6 Å². The van der Waals surface area contributed by atoms with Gasteiger partial charge in [0.2, 0.25) is 0 Å². The molecule has 0 radical (unpaired) electrons. The first-order valence-corrected chi connectivity index (χ1v) is 11.1. The van der Waals surface area contributed by atoms with Gasteiger partial charge in [-0.2, -0.15) is 0 Å². The van der Waals surface area contributed by atoms with Gasteiger partial charge in [0.15, 0.2) is 0 Å². The Kier molecular flexibility index (Phi) is 5.36. The van der Waals surface area contributed by atoms with Crippen molar-refractivity contribution in [2.45, 2.75) is 79.1 Å². The number of allylic oxidation sites excluding steroid dienone is 1. The van der Waals surface area contributed by atoms with Crippen molar-refractivity contribution in [3.63, 3.8) is 0 Å². The third-order valence-corrected chi connectivity index (χ3v) is 7.88. The van der Waals surface area contributed by atoms with E-state index in [9.17, 15) is 0 Å². The molecule has 0 aromatic carbocycles. The molecule has 0 N–H and O–H groups in total. The van der Waals surface area contributed by atoms with Crippen molar-refractivity contribution in [2.75, 3.05) is 0 Å². The van der Waals surface area contributed by atoms with Gasteiger partial charge in [0.05, 0.1) is 9.75 Å². The topological polar surface area (TPSA) is 0 Å². The lowest BCUT2D eigenvalue weighted by Crippen LogP contribution is -1.92. The van der Waals surface area contributed by atoms with Gasteiger partial charge in [-0.05, 0) is 42.4 Å². The number of fused-ring (bicyclic) bond motifs is 3. The van der Waals surface area contributed by atoms with Crippen molar-refractivity contribution < 1.29 is 0 Å². The SMILES string of the molecule is CCCC(CCC)=C1c2cc(C(C)C)sc2-c2sc(C(C)C)cc21. The molecule has 0 spiro atoms. The molecule has 2 heterocycles. The number of rotatable bonds is 6. The lowest BCUT2D eigenvalue weighted by Gasteiger charge is -2.11. The Morgan fingerprint density at radius 1 is 0.792 bits per heavy atom. The number of thiophene rings is 2. The normalized spacial score (nSPS) is 13.1. The monoisotopic (exact) mass is 358 g/mol. The molecule has 3 rings (SSSR count). The fraction of sp³-hybridized carbons (Fsp3) is 0.545. The predicted octanol–water partition coefficient (Wildman–Crippen LogP) is 8.44. The maximum Gasteiger partial charge on any atom is 0.0530 e. The molecular weight excluding hydrogens is 328 g/mol. The summed E-state index contributed by atoms with van der Waals surface area (Å²) in [6, 6.07) is 4.99. The van der Waals surface area contributed by atoms with Crippen LogP contribution in [0.15, 0.2) is 17.7 Å². The molecule has 130 valence electrons. The molecule has 0 unspecified atom stereocenters. The molecule has 0 aliphatic heterocycles. The standard InChI is InChI=1S/C22H30S2/c1-7-9-15(10-8-2)20-16-11-18(13(3)4)23-21(16)22-17(20)12-19(24-22)14(5)6/h11-14H,7-10H2,1-6H3. The van der Waals surface area contributed by atoms with Crippen LogP contribution >= 0.6 is 22.7 Å². The van der Waals surface area contributed by atoms with E-state index in [0.29, 0.717) is 11.8 Å². The lowest BCUT2D eigenvalue weighted by atomic mass is 9.93. The van der Waals surface area contributed by atoms with E-state index in [1.807, 2.05) is 22.7 Å². The second-order valence-electron chi connectivity index (χ2n) is 7.57. The first-order valence-electron chi connectivity index (χ1n) is 9.48. The van der Waals surface area contributed by atoms with Crippen LogP contribution in [0.2, 0.25) is 0 Å². The molecule has 2 aromatic heterocycles. The van der Waals surface area contributed by atoms with E-state index in [1.54, 1.807) is 20.9 Å². The highest BCUT2D eigenvalue weighted by atomic mass is 32.1. The molecule has 0 fully saturated rings. The molecule has 0 saturated carbocycles. The minimum absolute atomic E-state index is 0.621. The minimum atomic E-state index is 0.621. The van der Waals surface area contributed by atoms with Crippen molar-refractivity contribution >= 4 is 28.2 Å². The molecule has 0 amide bonds. The highest BCUT2D eigenvalue weighted by molar-refractivity contribution is 7.23. The molecule has 0 bridgehead atoms. The molecule has 2 heteroatoms. The average molecular weight is 359 g/mol. The van der Waals surface area contributed by atoms with Gasteiger partial charge in [-0.3, -0.25) is 0 Å². The summed E-state index contributed by atoms with van der Waals surface area (Å²) in [6.07, 6.45) is 4.96. The van der Waals surface area contributed by atoms with Crippen molar-refractivity contribution in [2.24, 2.45) is 0 Å². The zero-order valence-electron chi connectivity index (χ0n) is 16.0. The highest BCUT2D eigenvalue weighted by Gasteiger charge is 2.31. The van der Waals surface area contributed by atoms with E-state index in [0.717, 1.165) is 0 Å². The first kappa shape index (κ1) is 17.9. The van der Waals surface area contributed by atoms with Crippen LogP contribution in [0.4, 0.5) is 0 Å². The van der Waals surface area contributed by atoms with Crippen molar-refractivity contribution in [3.8, 4) is 9.75 Å². The van der Waals surface area contributed by atoms with Crippen LogP contribution in [-0.4, -0.2) is 0 Å². The van der Waals surface area contributed by atoms with Crippen LogP contribution in [0.3, 0.4) is 0 Å². The minimum Gasteiger partial charge on any atom is -0.138 e. The van der Waals surface area contributed by atoms with Gasteiger partial charge in [-0.15, -0.1) is 22.7 Å². The second kappa shape index (κ2) is 7.17. The summed E-state index contributed by atoms with van der Waals surface area (Å²) >= 11 is 4.06. The maximum atomic E-state index is 2.49. The van der Waals surface area contributed by atoms with Gasteiger partial charge in [0.1, 0.15) is 0 Å². The average Bonchev–Trinajstić information content (AvgIpc) is 3.16. The largest absolute Gasteiger partial charge is 0.138 e. The van der Waals surface area contributed by atoms with Crippen LogP contribution in [0.25, 0.3) is 15.3 Å². The van der Waals surface area contributed by atoms with Gasteiger partial charge in [-0.25, -0.2) is 0 Å². The summed E-state index contributed by atoms with van der Waals surface area (Å²) in [5.74, 6) is 1.24. The Morgan fingerprint density at radius 2 is 1.21 bits per heavy atom. The van der Waals surface area contributed by atoms with E-state index in [-0.39, 0.29) is 0 Å². The van der Waals surface area contributed by atoms with E-state index < -0.39 is 0 Å². The zero-order valence-corrected chi connectivity index (χ0v) is 17.6. The third-order valence-electron chi connectivity index (χ3n) is 4.84. The van der Waals surface area contributed by atoms with Crippen LogP contribution < -0.4 is 0 Å². The molecule has 0 saturated heterocycles. The van der Waals surface area contributed by atoms with Gasteiger partial charge < -0.3 is 0 Å². The van der Waals surface area contributed by atoms with E-state index in [4.69, 9.17) is 0 Å². The predicted molar refractivity (Wildman–Crippen MR) is 112 cm³/mol. The van der Waals surface area contributed by atoms with Gasteiger partial charge in [0.25, 0.3) is 0 Å². The van der Waals surface area contributed by atoms with Crippen molar-refractivity contribution in [1.29, 1.82) is 0 Å². The van der Waals surface area contributed by atoms with E-state index in [2.05, 4.69) is 53.7 Å². The van der Waals surface area contributed by atoms with Crippen molar-refractivity contribution in [1.82, 2.24) is 0 Å². The van der Waals surface area contributed by atoms with Gasteiger partial charge in [0, 0.05) is 20.9 Å².